The van der Waals surface area contributed by atoms with Crippen LogP contribution in [-0.4, -0.2) is 52.4 Å². The van der Waals surface area contributed by atoms with Crippen molar-refractivity contribution in [2.24, 2.45) is 0 Å². The van der Waals surface area contributed by atoms with Crippen LogP contribution in [0, 0.1) is 5.82 Å². The number of carbonyl (C=O) groups excluding carboxylic acids is 1. The molecule has 1 aliphatic rings. The lowest BCUT2D eigenvalue weighted by molar-refractivity contribution is 0.0950. The zero-order chi connectivity index (χ0) is 21.6. The summed E-state index contributed by atoms with van der Waals surface area (Å²) in [7, 11) is 0. The van der Waals surface area contributed by atoms with Crippen LogP contribution in [0.15, 0.2) is 36.7 Å². The van der Waals surface area contributed by atoms with Crippen LogP contribution in [0.4, 0.5) is 10.3 Å². The minimum atomic E-state index is -0.379. The SMILES string of the molecule is O=C(NCc1ccc(F)cc1)c1nnc(/C(Cl)=C/c2cnc(N3CCOCC3)nc2)s1. The summed E-state index contributed by atoms with van der Waals surface area (Å²) in [5, 5.41) is 11.5. The predicted octanol–water partition coefficient (Wildman–Crippen LogP) is 2.97. The van der Waals surface area contributed by atoms with Crippen molar-refractivity contribution in [2.45, 2.75) is 6.54 Å². The van der Waals surface area contributed by atoms with Gasteiger partial charge in [-0.1, -0.05) is 35.1 Å². The molecule has 4 rings (SSSR count). The Balaban J connectivity index is 1.37. The first-order valence-corrected chi connectivity index (χ1v) is 10.7. The molecule has 31 heavy (non-hydrogen) atoms. The number of hydrogen-bond acceptors (Lipinski definition) is 8. The van der Waals surface area contributed by atoms with Crippen molar-refractivity contribution >= 4 is 45.9 Å². The van der Waals surface area contributed by atoms with Gasteiger partial charge in [-0.2, -0.15) is 0 Å². The number of rotatable bonds is 6. The first-order valence-electron chi connectivity index (χ1n) is 9.47. The van der Waals surface area contributed by atoms with Gasteiger partial charge >= 0.3 is 0 Å². The summed E-state index contributed by atoms with van der Waals surface area (Å²) in [4.78, 5) is 23.1. The van der Waals surface area contributed by atoms with Gasteiger partial charge in [-0.05, 0) is 23.8 Å². The van der Waals surface area contributed by atoms with Crippen LogP contribution in [0.5, 0.6) is 0 Å². The van der Waals surface area contributed by atoms with Gasteiger partial charge in [0.25, 0.3) is 5.91 Å². The van der Waals surface area contributed by atoms with Gasteiger partial charge in [0.2, 0.25) is 11.0 Å². The molecular weight excluding hydrogens is 443 g/mol. The Labute approximate surface area is 186 Å². The van der Waals surface area contributed by atoms with Crippen molar-refractivity contribution in [3.8, 4) is 0 Å². The van der Waals surface area contributed by atoms with Crippen LogP contribution in [0.25, 0.3) is 11.1 Å². The largest absolute Gasteiger partial charge is 0.378 e. The van der Waals surface area contributed by atoms with Crippen LogP contribution in [0.1, 0.15) is 25.9 Å². The van der Waals surface area contributed by atoms with Crippen LogP contribution >= 0.6 is 22.9 Å². The Bertz CT molecular complexity index is 1070. The molecule has 0 saturated carbocycles. The van der Waals surface area contributed by atoms with Gasteiger partial charge in [0.1, 0.15) is 5.82 Å². The highest BCUT2D eigenvalue weighted by atomic mass is 35.5. The van der Waals surface area contributed by atoms with Crippen molar-refractivity contribution in [2.75, 3.05) is 31.2 Å². The van der Waals surface area contributed by atoms with Crippen LogP contribution in [0.2, 0.25) is 0 Å². The Hall–Kier alpha value is -2.95. The van der Waals surface area contributed by atoms with E-state index in [9.17, 15) is 9.18 Å². The molecule has 1 aromatic carbocycles. The Morgan fingerprint density at radius 2 is 1.84 bits per heavy atom. The second kappa shape index (κ2) is 9.90. The Kier molecular flexibility index (Phi) is 6.80. The highest BCUT2D eigenvalue weighted by molar-refractivity contribution is 7.15. The second-order valence-corrected chi connectivity index (χ2v) is 8.01. The van der Waals surface area contributed by atoms with Crippen molar-refractivity contribution < 1.29 is 13.9 Å². The van der Waals surface area contributed by atoms with Gasteiger partial charge in [0, 0.05) is 37.6 Å². The van der Waals surface area contributed by atoms with Crippen molar-refractivity contribution in [1.29, 1.82) is 0 Å². The quantitative estimate of drug-likeness (QED) is 0.604. The zero-order valence-electron chi connectivity index (χ0n) is 16.3. The topological polar surface area (TPSA) is 93.1 Å². The minimum absolute atomic E-state index is 0.183. The molecular formula is C20H18ClFN6O2S. The first kappa shape index (κ1) is 21.3. The highest BCUT2D eigenvalue weighted by Gasteiger charge is 2.15. The fraction of sp³-hybridized carbons (Fsp3) is 0.250. The summed E-state index contributed by atoms with van der Waals surface area (Å²) in [6, 6.07) is 5.89. The highest BCUT2D eigenvalue weighted by Crippen LogP contribution is 2.25. The van der Waals surface area contributed by atoms with E-state index in [1.807, 2.05) is 0 Å². The maximum absolute atomic E-state index is 13.0. The van der Waals surface area contributed by atoms with E-state index in [0.717, 1.165) is 30.0 Å². The summed E-state index contributed by atoms with van der Waals surface area (Å²) in [6.07, 6.45) is 5.03. The predicted molar refractivity (Wildman–Crippen MR) is 116 cm³/mol. The summed E-state index contributed by atoms with van der Waals surface area (Å²) < 4.78 is 18.3. The van der Waals surface area contributed by atoms with E-state index in [4.69, 9.17) is 16.3 Å². The third-order valence-electron chi connectivity index (χ3n) is 4.44. The van der Waals surface area contributed by atoms with E-state index in [2.05, 4.69) is 30.4 Å². The zero-order valence-corrected chi connectivity index (χ0v) is 17.9. The molecule has 1 N–H and O–H groups in total. The fourth-order valence-electron chi connectivity index (χ4n) is 2.81. The third-order valence-corrected chi connectivity index (χ3v) is 5.79. The molecule has 2 aromatic heterocycles. The molecule has 1 fully saturated rings. The number of morpholine rings is 1. The average Bonchev–Trinajstić information content (AvgIpc) is 3.30. The van der Waals surface area contributed by atoms with Crippen LogP contribution in [0.3, 0.4) is 0 Å². The average molecular weight is 461 g/mol. The molecule has 0 radical (unpaired) electrons. The summed E-state index contributed by atoms with van der Waals surface area (Å²) >= 11 is 7.43. The Morgan fingerprint density at radius 3 is 2.55 bits per heavy atom. The van der Waals surface area contributed by atoms with Gasteiger partial charge in [-0.25, -0.2) is 14.4 Å². The number of ether oxygens (including phenoxy) is 1. The number of hydrogen-bond donors (Lipinski definition) is 1. The molecule has 0 aliphatic carbocycles. The van der Waals surface area contributed by atoms with Crippen molar-refractivity contribution in [1.82, 2.24) is 25.5 Å². The van der Waals surface area contributed by atoms with E-state index in [1.165, 1.54) is 12.1 Å². The lowest BCUT2D eigenvalue weighted by Crippen LogP contribution is -2.37. The molecule has 3 aromatic rings. The van der Waals surface area contributed by atoms with Crippen molar-refractivity contribution in [3.63, 3.8) is 0 Å². The molecule has 0 unspecified atom stereocenters. The molecule has 11 heteroatoms. The molecule has 0 atom stereocenters. The van der Waals surface area contributed by atoms with Gasteiger partial charge in [0.15, 0.2) is 5.01 Å². The second-order valence-electron chi connectivity index (χ2n) is 6.63. The Morgan fingerprint density at radius 1 is 1.16 bits per heavy atom. The number of aromatic nitrogens is 4. The molecule has 8 nitrogen and oxygen atoms in total. The first-order chi connectivity index (χ1) is 15.1. The smallest absolute Gasteiger partial charge is 0.282 e. The molecule has 160 valence electrons. The maximum Gasteiger partial charge on any atom is 0.282 e. The molecule has 1 saturated heterocycles. The minimum Gasteiger partial charge on any atom is -0.378 e. The number of halogens is 2. The molecule has 1 aliphatic heterocycles. The summed E-state index contributed by atoms with van der Waals surface area (Å²) in [5.41, 5.74) is 1.48. The van der Waals surface area contributed by atoms with Gasteiger partial charge in [-0.3, -0.25) is 4.79 Å². The van der Waals surface area contributed by atoms with Crippen LogP contribution in [-0.2, 0) is 11.3 Å². The number of carbonyl (C=O) groups is 1. The molecule has 0 spiro atoms. The lowest BCUT2D eigenvalue weighted by Gasteiger charge is -2.26. The standard InChI is InChI=1S/C20H18ClFN6O2S/c21-16(9-14-11-24-20(25-12-14)28-5-7-30-8-6-28)18-26-27-19(31-18)17(29)23-10-13-1-3-15(22)4-2-13/h1-4,9,11-12H,5-8,10H2,(H,23,29)/b16-9-. The van der Waals surface area contributed by atoms with E-state index in [0.29, 0.717) is 34.8 Å². The number of benzene rings is 1. The van der Waals surface area contributed by atoms with E-state index in [-0.39, 0.29) is 23.3 Å². The number of nitrogens with zero attached hydrogens (tertiary/aromatic N) is 5. The lowest BCUT2D eigenvalue weighted by atomic mass is 10.2. The van der Waals surface area contributed by atoms with E-state index < -0.39 is 0 Å². The maximum atomic E-state index is 13.0. The molecule has 3 heterocycles. The van der Waals surface area contributed by atoms with Gasteiger partial charge in [0.05, 0.1) is 18.2 Å². The monoisotopic (exact) mass is 460 g/mol. The van der Waals surface area contributed by atoms with Gasteiger partial charge in [-0.15, -0.1) is 10.2 Å². The third kappa shape index (κ3) is 5.60. The number of amides is 1. The summed E-state index contributed by atoms with van der Waals surface area (Å²) in [5.74, 6) is -0.0604. The fourth-order valence-corrected chi connectivity index (χ4v) is 3.76. The van der Waals surface area contributed by atoms with Crippen molar-refractivity contribution in [3.05, 3.63) is 63.6 Å². The van der Waals surface area contributed by atoms with Gasteiger partial charge < -0.3 is 15.0 Å². The van der Waals surface area contributed by atoms with Crippen LogP contribution < -0.4 is 10.2 Å². The molecule has 1 amide bonds. The normalized spacial score (nSPS) is 14.5. The number of anilines is 1. The molecule has 0 bridgehead atoms. The summed E-state index contributed by atoms with van der Waals surface area (Å²) in [6.45, 7) is 3.09. The van der Waals surface area contributed by atoms with E-state index in [1.54, 1.807) is 30.6 Å². The number of nitrogens with one attached hydrogen (secondary N) is 1. The van der Waals surface area contributed by atoms with E-state index >= 15 is 0 Å².